The van der Waals surface area contributed by atoms with Crippen LogP contribution in [-0.2, 0) is 17.8 Å². The van der Waals surface area contributed by atoms with E-state index in [9.17, 15) is 4.79 Å². The van der Waals surface area contributed by atoms with Crippen molar-refractivity contribution >= 4 is 5.91 Å². The molecule has 4 nitrogen and oxygen atoms in total. The van der Waals surface area contributed by atoms with Crippen molar-refractivity contribution in [1.82, 2.24) is 15.5 Å². The van der Waals surface area contributed by atoms with Crippen LogP contribution in [0.25, 0.3) is 0 Å². The van der Waals surface area contributed by atoms with Gasteiger partial charge in [-0.2, -0.15) is 5.10 Å². The van der Waals surface area contributed by atoms with Crippen molar-refractivity contribution in [2.75, 3.05) is 0 Å². The summed E-state index contributed by atoms with van der Waals surface area (Å²) in [7, 11) is 0. The van der Waals surface area contributed by atoms with Gasteiger partial charge in [-0.15, -0.1) is 0 Å². The summed E-state index contributed by atoms with van der Waals surface area (Å²) in [6.07, 6.45) is 4.78. The molecule has 0 saturated heterocycles. The number of amides is 1. The molecule has 94 valence electrons. The topological polar surface area (TPSA) is 57.8 Å². The Hall–Kier alpha value is -2.10. The molecular weight excluding hydrogens is 226 g/mol. The van der Waals surface area contributed by atoms with Gasteiger partial charge in [0.05, 0.1) is 6.20 Å². The molecule has 0 aliphatic carbocycles. The fourth-order valence-electron chi connectivity index (χ4n) is 1.68. The molecule has 1 aromatic carbocycles. The molecule has 2 aromatic rings. The van der Waals surface area contributed by atoms with Crippen molar-refractivity contribution < 1.29 is 4.79 Å². The van der Waals surface area contributed by atoms with E-state index in [1.54, 1.807) is 12.4 Å². The number of hydrogen-bond acceptors (Lipinski definition) is 2. The summed E-state index contributed by atoms with van der Waals surface area (Å²) in [5.74, 6) is 0.0665. The molecule has 2 rings (SSSR count). The SMILES string of the molecule is Cc1ccc(CCC(=O)NCc2cn[nH]c2)cc1. The molecule has 1 heterocycles. The minimum absolute atomic E-state index is 0.0665. The number of carbonyl (C=O) groups is 1. The molecule has 0 bridgehead atoms. The Morgan fingerprint density at radius 2 is 2.06 bits per heavy atom. The van der Waals surface area contributed by atoms with Gasteiger partial charge in [0.25, 0.3) is 0 Å². The summed E-state index contributed by atoms with van der Waals surface area (Å²) >= 11 is 0. The third kappa shape index (κ3) is 3.73. The van der Waals surface area contributed by atoms with Crippen molar-refractivity contribution in [3.8, 4) is 0 Å². The molecule has 0 radical (unpaired) electrons. The zero-order valence-corrected chi connectivity index (χ0v) is 10.4. The zero-order valence-electron chi connectivity index (χ0n) is 10.4. The van der Waals surface area contributed by atoms with Gasteiger partial charge in [0.2, 0.25) is 5.91 Å². The number of aromatic nitrogens is 2. The normalized spacial score (nSPS) is 10.3. The molecule has 2 N–H and O–H groups in total. The molecule has 0 saturated carbocycles. The molecule has 1 aromatic heterocycles. The zero-order chi connectivity index (χ0) is 12.8. The minimum atomic E-state index is 0.0665. The number of rotatable bonds is 5. The van der Waals surface area contributed by atoms with Crippen molar-refractivity contribution in [3.63, 3.8) is 0 Å². The second kappa shape index (κ2) is 6.00. The molecular formula is C14H17N3O. The van der Waals surface area contributed by atoms with Crippen LogP contribution in [0.1, 0.15) is 23.1 Å². The highest BCUT2D eigenvalue weighted by atomic mass is 16.1. The van der Waals surface area contributed by atoms with Crippen LogP contribution < -0.4 is 5.32 Å². The summed E-state index contributed by atoms with van der Waals surface area (Å²) in [5, 5.41) is 9.41. The lowest BCUT2D eigenvalue weighted by atomic mass is 10.1. The fraction of sp³-hybridized carbons (Fsp3) is 0.286. The van der Waals surface area contributed by atoms with Gasteiger partial charge in [-0.3, -0.25) is 9.89 Å². The van der Waals surface area contributed by atoms with Crippen LogP contribution in [0.2, 0.25) is 0 Å². The van der Waals surface area contributed by atoms with Crippen molar-refractivity contribution in [2.45, 2.75) is 26.3 Å². The summed E-state index contributed by atoms with van der Waals surface area (Å²) in [5.41, 5.74) is 3.42. The molecule has 0 aliphatic heterocycles. The molecule has 4 heteroatoms. The van der Waals surface area contributed by atoms with E-state index in [1.165, 1.54) is 11.1 Å². The van der Waals surface area contributed by atoms with Crippen LogP contribution in [-0.4, -0.2) is 16.1 Å². The van der Waals surface area contributed by atoms with Crippen LogP contribution in [0, 0.1) is 6.92 Å². The first-order valence-corrected chi connectivity index (χ1v) is 6.04. The Labute approximate surface area is 106 Å². The van der Waals surface area contributed by atoms with Crippen LogP contribution in [0.15, 0.2) is 36.7 Å². The lowest BCUT2D eigenvalue weighted by Crippen LogP contribution is -2.22. The average Bonchev–Trinajstić information content (AvgIpc) is 2.89. The van der Waals surface area contributed by atoms with Crippen LogP contribution in [0.5, 0.6) is 0 Å². The molecule has 0 aliphatic rings. The highest BCUT2D eigenvalue weighted by Crippen LogP contribution is 2.05. The second-order valence-corrected chi connectivity index (χ2v) is 4.37. The number of nitrogens with one attached hydrogen (secondary N) is 2. The Kier molecular flexibility index (Phi) is 4.12. The molecule has 18 heavy (non-hydrogen) atoms. The van der Waals surface area contributed by atoms with E-state index in [1.807, 2.05) is 0 Å². The third-order valence-corrected chi connectivity index (χ3v) is 2.81. The third-order valence-electron chi connectivity index (χ3n) is 2.81. The maximum absolute atomic E-state index is 11.6. The van der Waals surface area contributed by atoms with E-state index in [0.717, 1.165) is 12.0 Å². The Morgan fingerprint density at radius 3 is 2.72 bits per heavy atom. The van der Waals surface area contributed by atoms with Gasteiger partial charge in [-0.1, -0.05) is 29.8 Å². The first-order valence-electron chi connectivity index (χ1n) is 6.04. The average molecular weight is 243 g/mol. The summed E-state index contributed by atoms with van der Waals surface area (Å²) in [6.45, 7) is 2.59. The molecule has 0 spiro atoms. The first-order chi connectivity index (χ1) is 8.74. The Morgan fingerprint density at radius 1 is 1.28 bits per heavy atom. The quantitative estimate of drug-likeness (QED) is 0.843. The first kappa shape index (κ1) is 12.4. The van der Waals surface area contributed by atoms with E-state index in [2.05, 4.69) is 46.7 Å². The predicted octanol–water partition coefficient (Wildman–Crippen LogP) is 1.97. The number of benzene rings is 1. The van der Waals surface area contributed by atoms with E-state index in [-0.39, 0.29) is 5.91 Å². The highest BCUT2D eigenvalue weighted by molar-refractivity contribution is 5.76. The smallest absolute Gasteiger partial charge is 0.220 e. The standard InChI is InChI=1S/C14H17N3O/c1-11-2-4-12(5-3-11)6-7-14(18)15-8-13-9-16-17-10-13/h2-5,9-10H,6-8H2,1H3,(H,15,18)(H,16,17). The van der Waals surface area contributed by atoms with E-state index in [0.29, 0.717) is 13.0 Å². The van der Waals surface area contributed by atoms with Crippen LogP contribution in [0.3, 0.4) is 0 Å². The van der Waals surface area contributed by atoms with Gasteiger partial charge in [0, 0.05) is 24.7 Å². The van der Waals surface area contributed by atoms with Crippen LogP contribution in [0.4, 0.5) is 0 Å². The number of aryl methyl sites for hydroxylation is 2. The minimum Gasteiger partial charge on any atom is -0.352 e. The number of carbonyl (C=O) groups excluding carboxylic acids is 1. The van der Waals surface area contributed by atoms with E-state index >= 15 is 0 Å². The van der Waals surface area contributed by atoms with Gasteiger partial charge < -0.3 is 5.32 Å². The summed E-state index contributed by atoms with van der Waals surface area (Å²) in [4.78, 5) is 11.6. The fourth-order valence-corrected chi connectivity index (χ4v) is 1.68. The van der Waals surface area contributed by atoms with Crippen LogP contribution >= 0.6 is 0 Å². The van der Waals surface area contributed by atoms with Crippen molar-refractivity contribution in [1.29, 1.82) is 0 Å². The number of hydrogen-bond donors (Lipinski definition) is 2. The molecule has 0 atom stereocenters. The monoisotopic (exact) mass is 243 g/mol. The Balaban J connectivity index is 1.73. The number of H-pyrrole nitrogens is 1. The van der Waals surface area contributed by atoms with Crippen molar-refractivity contribution in [3.05, 3.63) is 53.3 Å². The number of aromatic amines is 1. The lowest BCUT2D eigenvalue weighted by molar-refractivity contribution is -0.121. The lowest BCUT2D eigenvalue weighted by Gasteiger charge is -2.04. The largest absolute Gasteiger partial charge is 0.352 e. The summed E-state index contributed by atoms with van der Waals surface area (Å²) in [6, 6.07) is 8.27. The Bertz CT molecular complexity index is 488. The van der Waals surface area contributed by atoms with E-state index < -0.39 is 0 Å². The predicted molar refractivity (Wildman–Crippen MR) is 69.9 cm³/mol. The molecule has 0 unspecified atom stereocenters. The maximum atomic E-state index is 11.6. The van der Waals surface area contributed by atoms with Gasteiger partial charge in [0.15, 0.2) is 0 Å². The molecule has 0 fully saturated rings. The van der Waals surface area contributed by atoms with Gasteiger partial charge in [0.1, 0.15) is 0 Å². The second-order valence-electron chi connectivity index (χ2n) is 4.37. The van der Waals surface area contributed by atoms with Gasteiger partial charge in [-0.25, -0.2) is 0 Å². The van der Waals surface area contributed by atoms with E-state index in [4.69, 9.17) is 0 Å². The maximum Gasteiger partial charge on any atom is 0.220 e. The number of nitrogens with zero attached hydrogens (tertiary/aromatic N) is 1. The van der Waals surface area contributed by atoms with Gasteiger partial charge in [-0.05, 0) is 18.9 Å². The molecule has 1 amide bonds. The van der Waals surface area contributed by atoms with Crippen molar-refractivity contribution in [2.24, 2.45) is 0 Å². The highest BCUT2D eigenvalue weighted by Gasteiger charge is 2.02. The summed E-state index contributed by atoms with van der Waals surface area (Å²) < 4.78 is 0. The van der Waals surface area contributed by atoms with Gasteiger partial charge >= 0.3 is 0 Å².